The van der Waals surface area contributed by atoms with Crippen LogP contribution in [0.15, 0.2) is 48.6 Å². The third-order valence-electron chi connectivity index (χ3n) is 3.06. The van der Waals surface area contributed by atoms with Gasteiger partial charge in [0.1, 0.15) is 0 Å². The van der Waals surface area contributed by atoms with Crippen molar-refractivity contribution >= 4 is 17.0 Å². The van der Waals surface area contributed by atoms with E-state index < -0.39 is 0 Å². The molecule has 1 nitrogen and oxygen atoms in total. The van der Waals surface area contributed by atoms with E-state index in [1.54, 1.807) is 0 Å². The van der Waals surface area contributed by atoms with Gasteiger partial charge in [0.05, 0.1) is 0 Å². The predicted octanol–water partition coefficient (Wildman–Crippen LogP) is 5.03. The first-order valence-corrected chi connectivity index (χ1v) is 6.76. The Morgan fingerprint density at radius 1 is 1.00 bits per heavy atom. The highest BCUT2D eigenvalue weighted by Crippen LogP contribution is 2.21. The molecule has 0 radical (unpaired) electrons. The molecule has 0 amide bonds. The van der Waals surface area contributed by atoms with E-state index in [0.29, 0.717) is 0 Å². The molecule has 94 valence electrons. The molecule has 0 aliphatic heterocycles. The SMILES string of the molecule is CC/C=C/Cn1c(/C=C/CC)cc2ccccc21. The molecule has 2 aromatic rings. The van der Waals surface area contributed by atoms with Gasteiger partial charge in [-0.25, -0.2) is 0 Å². The lowest BCUT2D eigenvalue weighted by Gasteiger charge is -2.05. The Kier molecular flexibility index (Phi) is 4.40. The number of hydrogen-bond donors (Lipinski definition) is 0. The van der Waals surface area contributed by atoms with Crippen molar-refractivity contribution in [2.24, 2.45) is 0 Å². The minimum Gasteiger partial charge on any atom is -0.337 e. The number of para-hydroxylation sites is 1. The Morgan fingerprint density at radius 3 is 2.56 bits per heavy atom. The van der Waals surface area contributed by atoms with Gasteiger partial charge in [0, 0.05) is 23.1 Å². The lowest BCUT2D eigenvalue weighted by atomic mass is 10.2. The molecule has 0 bridgehead atoms. The third kappa shape index (κ3) is 2.73. The molecule has 0 aliphatic carbocycles. The maximum Gasteiger partial charge on any atom is 0.0488 e. The summed E-state index contributed by atoms with van der Waals surface area (Å²) in [6, 6.07) is 10.8. The molecule has 0 aliphatic rings. The van der Waals surface area contributed by atoms with E-state index in [0.717, 1.165) is 19.4 Å². The quantitative estimate of drug-likeness (QED) is 0.645. The molecule has 1 heteroatoms. The largest absolute Gasteiger partial charge is 0.337 e. The molecule has 1 aromatic heterocycles. The highest BCUT2D eigenvalue weighted by Gasteiger charge is 2.04. The molecule has 0 unspecified atom stereocenters. The fraction of sp³-hybridized carbons (Fsp3) is 0.294. The zero-order valence-corrected chi connectivity index (χ0v) is 11.3. The summed E-state index contributed by atoms with van der Waals surface area (Å²) in [6.07, 6.45) is 11.1. The van der Waals surface area contributed by atoms with Crippen LogP contribution in [0.5, 0.6) is 0 Å². The van der Waals surface area contributed by atoms with Gasteiger partial charge in [-0.2, -0.15) is 0 Å². The van der Waals surface area contributed by atoms with Crippen molar-refractivity contribution in [1.82, 2.24) is 4.57 Å². The summed E-state index contributed by atoms with van der Waals surface area (Å²) in [4.78, 5) is 0. The Bertz CT molecular complexity index is 558. The number of allylic oxidation sites excluding steroid dienone is 3. The molecule has 0 fully saturated rings. The number of rotatable bonds is 5. The van der Waals surface area contributed by atoms with E-state index in [-0.39, 0.29) is 0 Å². The molecule has 0 saturated heterocycles. The van der Waals surface area contributed by atoms with Crippen molar-refractivity contribution in [2.45, 2.75) is 33.2 Å². The van der Waals surface area contributed by atoms with Gasteiger partial charge in [0.2, 0.25) is 0 Å². The maximum absolute atomic E-state index is 2.37. The normalized spacial score (nSPS) is 12.1. The van der Waals surface area contributed by atoms with Gasteiger partial charge in [-0.15, -0.1) is 0 Å². The van der Waals surface area contributed by atoms with E-state index in [1.807, 2.05) is 0 Å². The summed E-state index contributed by atoms with van der Waals surface area (Å²) in [5.41, 5.74) is 2.60. The monoisotopic (exact) mass is 239 g/mol. The van der Waals surface area contributed by atoms with Crippen molar-refractivity contribution in [1.29, 1.82) is 0 Å². The molecule has 0 atom stereocenters. The molecule has 1 aromatic carbocycles. The average Bonchev–Trinajstić information content (AvgIpc) is 2.75. The van der Waals surface area contributed by atoms with Crippen LogP contribution in [-0.4, -0.2) is 4.57 Å². The Morgan fingerprint density at radius 2 is 1.78 bits per heavy atom. The zero-order valence-electron chi connectivity index (χ0n) is 11.3. The van der Waals surface area contributed by atoms with Crippen molar-refractivity contribution in [2.75, 3.05) is 0 Å². The van der Waals surface area contributed by atoms with Crippen molar-refractivity contribution in [3.8, 4) is 0 Å². The van der Waals surface area contributed by atoms with Crippen LogP contribution in [-0.2, 0) is 6.54 Å². The zero-order chi connectivity index (χ0) is 12.8. The van der Waals surface area contributed by atoms with Crippen LogP contribution in [0.4, 0.5) is 0 Å². The molecule has 2 rings (SSSR count). The van der Waals surface area contributed by atoms with E-state index in [2.05, 4.69) is 73.1 Å². The lowest BCUT2D eigenvalue weighted by molar-refractivity contribution is 0.849. The van der Waals surface area contributed by atoms with E-state index in [9.17, 15) is 0 Å². The fourth-order valence-corrected chi connectivity index (χ4v) is 2.16. The van der Waals surface area contributed by atoms with Gasteiger partial charge in [0.25, 0.3) is 0 Å². The molecular weight excluding hydrogens is 218 g/mol. The van der Waals surface area contributed by atoms with Gasteiger partial charge < -0.3 is 4.57 Å². The summed E-state index contributed by atoms with van der Waals surface area (Å²) >= 11 is 0. The Balaban J connectivity index is 2.43. The second kappa shape index (κ2) is 6.25. The smallest absolute Gasteiger partial charge is 0.0488 e. The second-order valence-electron chi connectivity index (χ2n) is 4.43. The minimum absolute atomic E-state index is 0.949. The average molecular weight is 239 g/mol. The van der Waals surface area contributed by atoms with Crippen LogP contribution in [0.1, 0.15) is 32.4 Å². The van der Waals surface area contributed by atoms with Gasteiger partial charge in [-0.1, -0.05) is 50.3 Å². The first kappa shape index (κ1) is 12.7. The highest BCUT2D eigenvalue weighted by atomic mass is 15.0. The molecule has 0 spiro atoms. The van der Waals surface area contributed by atoms with Crippen LogP contribution < -0.4 is 0 Å². The van der Waals surface area contributed by atoms with Gasteiger partial charge in [0.15, 0.2) is 0 Å². The summed E-state index contributed by atoms with van der Waals surface area (Å²) in [5, 5.41) is 1.32. The van der Waals surface area contributed by atoms with Crippen LogP contribution in [0, 0.1) is 0 Å². The summed E-state index contributed by atoms with van der Waals surface area (Å²) < 4.78 is 2.37. The molecule has 18 heavy (non-hydrogen) atoms. The molecule has 0 saturated carbocycles. The van der Waals surface area contributed by atoms with Gasteiger partial charge in [-0.3, -0.25) is 0 Å². The van der Waals surface area contributed by atoms with Crippen molar-refractivity contribution in [3.63, 3.8) is 0 Å². The number of hydrogen-bond acceptors (Lipinski definition) is 0. The van der Waals surface area contributed by atoms with Crippen LogP contribution >= 0.6 is 0 Å². The third-order valence-corrected chi connectivity index (χ3v) is 3.06. The second-order valence-corrected chi connectivity index (χ2v) is 4.43. The highest BCUT2D eigenvalue weighted by molar-refractivity contribution is 5.83. The minimum atomic E-state index is 0.949. The predicted molar refractivity (Wildman–Crippen MR) is 80.7 cm³/mol. The van der Waals surface area contributed by atoms with Gasteiger partial charge >= 0.3 is 0 Å². The fourth-order valence-electron chi connectivity index (χ4n) is 2.16. The molecular formula is C17H21N. The summed E-state index contributed by atoms with van der Waals surface area (Å²) in [6.45, 7) is 5.29. The Labute approximate surface area is 109 Å². The number of aromatic nitrogens is 1. The number of benzene rings is 1. The topological polar surface area (TPSA) is 4.93 Å². The van der Waals surface area contributed by atoms with Crippen molar-refractivity contribution < 1.29 is 0 Å². The molecule has 0 N–H and O–H groups in total. The van der Waals surface area contributed by atoms with Crippen LogP contribution in [0.25, 0.3) is 17.0 Å². The number of nitrogens with zero attached hydrogens (tertiary/aromatic N) is 1. The standard InChI is InChI=1S/C17H21N/c1-3-5-9-13-18-16(11-6-4-2)14-15-10-7-8-12-17(15)18/h5-12,14H,3-4,13H2,1-2H3/b9-5+,11-6+. The van der Waals surface area contributed by atoms with Crippen molar-refractivity contribution in [3.05, 3.63) is 54.3 Å². The van der Waals surface area contributed by atoms with E-state index in [1.165, 1.54) is 16.6 Å². The summed E-state index contributed by atoms with van der Waals surface area (Å²) in [7, 11) is 0. The first-order valence-electron chi connectivity index (χ1n) is 6.76. The number of fused-ring (bicyclic) bond motifs is 1. The van der Waals surface area contributed by atoms with Gasteiger partial charge in [-0.05, 0) is 31.1 Å². The first-order chi connectivity index (χ1) is 8.86. The molecule has 1 heterocycles. The van der Waals surface area contributed by atoms with E-state index in [4.69, 9.17) is 0 Å². The Hall–Kier alpha value is -1.76. The van der Waals surface area contributed by atoms with Crippen LogP contribution in [0.3, 0.4) is 0 Å². The summed E-state index contributed by atoms with van der Waals surface area (Å²) in [5.74, 6) is 0. The van der Waals surface area contributed by atoms with Crippen LogP contribution in [0.2, 0.25) is 0 Å². The lowest BCUT2D eigenvalue weighted by Crippen LogP contribution is -1.97. The van der Waals surface area contributed by atoms with E-state index >= 15 is 0 Å². The maximum atomic E-state index is 2.37.